The van der Waals surface area contributed by atoms with E-state index in [-0.39, 0.29) is 71.3 Å². The van der Waals surface area contributed by atoms with Gasteiger partial charge in [-0.3, -0.25) is 24.4 Å². The number of rotatable bonds is 24. The fourth-order valence-corrected chi connectivity index (χ4v) is 5.37. The van der Waals surface area contributed by atoms with E-state index in [0.717, 1.165) is 0 Å². The Morgan fingerprint density at radius 3 is 1.42 bits per heavy atom. The topological polar surface area (TPSA) is 307 Å². The molecule has 0 unspecified atom stereocenters. The second-order valence-electron chi connectivity index (χ2n) is 12.5. The number of carbonyl (C=O) groups excluding carboxylic acids is 4. The van der Waals surface area contributed by atoms with Crippen molar-refractivity contribution in [2.45, 2.75) is 64.5 Å². The average molecular weight is 801 g/mol. The molecule has 20 heteroatoms. The van der Waals surface area contributed by atoms with Crippen LogP contribution in [0.15, 0.2) is 43.5 Å². The van der Waals surface area contributed by atoms with E-state index in [4.69, 9.17) is 55.8 Å². The van der Waals surface area contributed by atoms with Crippen molar-refractivity contribution in [1.82, 2.24) is 10.6 Å². The van der Waals surface area contributed by atoms with Crippen LogP contribution in [0.25, 0.3) is 21.9 Å². The third kappa shape index (κ3) is 14.0. The fraction of sp³-hybridized carbons (Fsp3) is 0.486. The number of methoxy groups -OCH3 is 2. The Bertz CT molecular complexity index is 1840. The van der Waals surface area contributed by atoms with Crippen LogP contribution < -0.4 is 57.9 Å². The molecule has 312 valence electrons. The molecule has 2 atom stereocenters. The molecule has 20 nitrogen and oxygen atoms in total. The molecule has 57 heavy (non-hydrogen) atoms. The fourth-order valence-electron chi connectivity index (χ4n) is 5.37. The van der Waals surface area contributed by atoms with Gasteiger partial charge in [-0.15, -0.1) is 0 Å². The Kier molecular flexibility index (Phi) is 18.0. The lowest BCUT2D eigenvalue weighted by Crippen LogP contribution is -2.43. The summed E-state index contributed by atoms with van der Waals surface area (Å²) in [7, 11) is 2.38. The van der Waals surface area contributed by atoms with Crippen LogP contribution in [-0.2, 0) is 28.7 Å². The van der Waals surface area contributed by atoms with Crippen LogP contribution in [0.2, 0.25) is 0 Å². The monoisotopic (exact) mass is 800 g/mol. The zero-order chi connectivity index (χ0) is 41.9. The highest BCUT2D eigenvalue weighted by Crippen LogP contribution is 2.36. The molecule has 0 radical (unpaired) electrons. The number of ether oxygens (including phenoxy) is 6. The van der Waals surface area contributed by atoms with E-state index in [1.807, 2.05) is 13.8 Å². The van der Waals surface area contributed by atoms with Gasteiger partial charge in [-0.1, -0.05) is 13.8 Å². The van der Waals surface area contributed by atoms with Crippen LogP contribution in [0, 0.1) is 0 Å². The van der Waals surface area contributed by atoms with Crippen LogP contribution in [0.1, 0.15) is 52.4 Å². The molecule has 0 fully saturated rings. The van der Waals surface area contributed by atoms with Gasteiger partial charge in [0.15, 0.2) is 25.1 Å². The molecular weight excluding hydrogens is 748 g/mol. The van der Waals surface area contributed by atoms with Crippen molar-refractivity contribution in [2.24, 2.45) is 32.9 Å². The molecule has 0 saturated carbocycles. The molecule has 0 spiro atoms. The molecule has 1 heterocycles. The summed E-state index contributed by atoms with van der Waals surface area (Å²) in [4.78, 5) is 73.1. The number of benzene rings is 2. The molecule has 0 saturated heterocycles. The first kappa shape index (κ1) is 44.9. The first-order valence-corrected chi connectivity index (χ1v) is 18.3. The number of fused-ring (bicyclic) bond motifs is 2. The van der Waals surface area contributed by atoms with E-state index in [1.54, 1.807) is 0 Å². The number of carbonyl (C=O) groups is 4. The summed E-state index contributed by atoms with van der Waals surface area (Å²) in [5, 5.41) is 5.01. The lowest BCUT2D eigenvalue weighted by Gasteiger charge is -2.18. The van der Waals surface area contributed by atoms with Crippen LogP contribution in [0.5, 0.6) is 23.0 Å². The molecule has 3 aromatic rings. The van der Waals surface area contributed by atoms with Gasteiger partial charge in [0.1, 0.15) is 57.0 Å². The minimum atomic E-state index is -1.03. The first-order valence-electron chi connectivity index (χ1n) is 18.3. The van der Waals surface area contributed by atoms with Crippen LogP contribution >= 0.6 is 0 Å². The van der Waals surface area contributed by atoms with Crippen LogP contribution in [0.3, 0.4) is 0 Å². The minimum Gasteiger partial charge on any atom is -0.493 e. The number of guanidine groups is 2. The van der Waals surface area contributed by atoms with E-state index >= 15 is 0 Å². The number of nitrogens with one attached hydrogen (secondary N) is 2. The smallest absolute Gasteiger partial charge is 0.328 e. The van der Waals surface area contributed by atoms with E-state index in [9.17, 15) is 24.0 Å². The maximum Gasteiger partial charge on any atom is 0.328 e. The molecule has 10 N–H and O–H groups in total. The normalized spacial score (nSPS) is 11.8. The van der Waals surface area contributed by atoms with Gasteiger partial charge in [0.25, 0.3) is 11.8 Å². The molecule has 0 aliphatic heterocycles. The van der Waals surface area contributed by atoms with Gasteiger partial charge in [0, 0.05) is 37.4 Å². The predicted octanol–water partition coefficient (Wildman–Crippen LogP) is 0.704. The third-order valence-electron chi connectivity index (χ3n) is 7.95. The summed E-state index contributed by atoms with van der Waals surface area (Å²) in [5.41, 5.74) is 20.9. The summed E-state index contributed by atoms with van der Waals surface area (Å²) < 4.78 is 39.3. The van der Waals surface area contributed by atoms with Crippen molar-refractivity contribution in [3.05, 3.63) is 34.5 Å². The zero-order valence-electron chi connectivity index (χ0n) is 32.6. The van der Waals surface area contributed by atoms with Gasteiger partial charge >= 0.3 is 11.9 Å². The lowest BCUT2D eigenvalue weighted by atomic mass is 10.1. The highest BCUT2D eigenvalue weighted by atomic mass is 16.5. The number of aliphatic imine (C=N–C) groups is 2. The van der Waals surface area contributed by atoms with Crippen molar-refractivity contribution in [2.75, 3.05) is 53.7 Å². The SMILES string of the molecule is CCCOc1cc(OCC(=O)N[C@@H](CCCN=C(N)N)C(=O)OC)c2c(=O)c3c(OCC(=O)N[C@@H](CCCN=C(N)N)C(=O)OC)cc(OCCC)cc3oc2c1. The van der Waals surface area contributed by atoms with Gasteiger partial charge in [-0.05, 0) is 38.5 Å². The quantitative estimate of drug-likeness (QED) is 0.0239. The number of amides is 2. The molecule has 0 aliphatic carbocycles. The third-order valence-corrected chi connectivity index (χ3v) is 7.95. The lowest BCUT2D eigenvalue weighted by molar-refractivity contribution is -0.145. The Labute approximate surface area is 328 Å². The Morgan fingerprint density at radius 2 is 1.07 bits per heavy atom. The standard InChI is InChI=1S/C37H52N8O12/c1-5-13-53-21-15-25(55-19-29(46)44-23(34(49)51-3)9-7-11-42-36(38)39)31-27(17-21)57-28-18-22(54-14-6-2)16-26(32(28)33(31)48)56-20-30(47)45-24(35(50)52-4)10-8-12-43-37(40)41/h15-18,23-24H,5-14,19-20H2,1-4H3,(H,44,46)(H,45,47)(H4,38,39,42)(H4,40,41,43)/t23-,24-/m0/s1. The minimum absolute atomic E-state index is 0.0571. The molecular formula is C37H52N8O12. The van der Waals surface area contributed by atoms with Gasteiger partial charge in [-0.2, -0.15) is 0 Å². The summed E-state index contributed by atoms with van der Waals surface area (Å²) in [6, 6.07) is 3.84. The summed E-state index contributed by atoms with van der Waals surface area (Å²) >= 11 is 0. The number of hydrogen-bond donors (Lipinski definition) is 6. The largest absolute Gasteiger partial charge is 0.493 e. The summed E-state index contributed by atoms with van der Waals surface area (Å²) in [6.07, 6.45) is 2.39. The highest BCUT2D eigenvalue weighted by Gasteiger charge is 2.25. The Morgan fingerprint density at radius 1 is 0.667 bits per heavy atom. The summed E-state index contributed by atoms with van der Waals surface area (Å²) in [5.74, 6) is -2.53. The molecule has 3 rings (SSSR count). The van der Waals surface area contributed by atoms with Crippen LogP contribution in [-0.4, -0.2) is 101 Å². The predicted molar refractivity (Wildman–Crippen MR) is 210 cm³/mol. The number of nitrogens with two attached hydrogens (primary N) is 4. The van der Waals surface area contributed by atoms with E-state index in [1.165, 1.54) is 38.5 Å². The van der Waals surface area contributed by atoms with Crippen molar-refractivity contribution in [3.63, 3.8) is 0 Å². The van der Waals surface area contributed by atoms with E-state index < -0.39 is 54.5 Å². The maximum atomic E-state index is 14.4. The van der Waals surface area contributed by atoms with E-state index in [0.29, 0.717) is 50.4 Å². The maximum absolute atomic E-state index is 14.4. The second-order valence-corrected chi connectivity index (χ2v) is 12.5. The van der Waals surface area contributed by atoms with Gasteiger partial charge in [0.2, 0.25) is 5.43 Å². The van der Waals surface area contributed by atoms with Crippen LogP contribution in [0.4, 0.5) is 0 Å². The first-order chi connectivity index (χ1) is 27.3. The van der Waals surface area contributed by atoms with Gasteiger partial charge in [-0.25, -0.2) is 9.59 Å². The molecule has 0 bridgehead atoms. The number of hydrogen-bond acceptors (Lipinski definition) is 14. The molecule has 0 aliphatic rings. The molecule has 2 aromatic carbocycles. The highest BCUT2D eigenvalue weighted by molar-refractivity contribution is 5.97. The number of nitrogens with zero attached hydrogens (tertiary/aromatic N) is 2. The Balaban J connectivity index is 1.99. The van der Waals surface area contributed by atoms with Gasteiger partial charge < -0.3 is 66.4 Å². The van der Waals surface area contributed by atoms with Gasteiger partial charge in [0.05, 0.1) is 27.4 Å². The van der Waals surface area contributed by atoms with E-state index in [2.05, 4.69) is 20.6 Å². The molecule has 2 amide bonds. The second kappa shape index (κ2) is 22.8. The average Bonchev–Trinajstić information content (AvgIpc) is 3.18. The Hall–Kier alpha value is -6.47. The van der Waals surface area contributed by atoms with Crippen molar-refractivity contribution in [1.29, 1.82) is 0 Å². The van der Waals surface area contributed by atoms with Crippen molar-refractivity contribution in [3.8, 4) is 23.0 Å². The molecule has 1 aromatic heterocycles. The summed E-state index contributed by atoms with van der Waals surface area (Å²) in [6.45, 7) is 3.68. The van der Waals surface area contributed by atoms with Crippen molar-refractivity contribution >= 4 is 57.6 Å². The number of esters is 2. The van der Waals surface area contributed by atoms with Crippen molar-refractivity contribution < 1.29 is 52.0 Å². The zero-order valence-corrected chi connectivity index (χ0v) is 32.6.